The van der Waals surface area contributed by atoms with Gasteiger partial charge in [0.2, 0.25) is 0 Å². The molecular formula is C57H41N5O2. The number of benzene rings is 8. The minimum absolute atomic E-state index is 0.186. The number of hydrogen-bond donors (Lipinski definition) is 0. The van der Waals surface area contributed by atoms with Crippen LogP contribution < -0.4 is 0 Å². The molecule has 2 amide bonds. The van der Waals surface area contributed by atoms with E-state index in [4.69, 9.17) is 15.0 Å². The van der Waals surface area contributed by atoms with Gasteiger partial charge in [0.05, 0.1) is 12.1 Å². The van der Waals surface area contributed by atoms with E-state index in [1.54, 1.807) is 0 Å². The summed E-state index contributed by atoms with van der Waals surface area (Å²) >= 11 is 0. The number of nitrogens with zero attached hydrogens (tertiary/aromatic N) is 5. The average molecular weight is 828 g/mol. The van der Waals surface area contributed by atoms with Crippen LogP contribution in [0.3, 0.4) is 0 Å². The first kappa shape index (κ1) is 38.6. The Morgan fingerprint density at radius 3 is 1.08 bits per heavy atom. The first-order valence-corrected chi connectivity index (χ1v) is 21.6. The summed E-state index contributed by atoms with van der Waals surface area (Å²) in [5.74, 6) is 0.503. The van der Waals surface area contributed by atoms with Gasteiger partial charge in [-0.3, -0.25) is 29.4 Å². The Morgan fingerprint density at radius 2 is 0.672 bits per heavy atom. The molecule has 9 aromatic rings. The molecule has 0 spiro atoms. The number of aliphatic imine (C=N–C) groups is 2. The van der Waals surface area contributed by atoms with Gasteiger partial charge in [0, 0.05) is 11.1 Å². The molecule has 7 nitrogen and oxygen atoms in total. The number of rotatable bonds is 8. The highest BCUT2D eigenvalue weighted by Crippen LogP contribution is 2.46. The van der Waals surface area contributed by atoms with Crippen molar-refractivity contribution in [1.29, 1.82) is 0 Å². The second kappa shape index (κ2) is 16.5. The van der Waals surface area contributed by atoms with Crippen molar-refractivity contribution in [3.8, 4) is 0 Å². The van der Waals surface area contributed by atoms with Crippen LogP contribution in [0.2, 0.25) is 0 Å². The molecule has 7 heteroatoms. The van der Waals surface area contributed by atoms with E-state index in [1.807, 2.05) is 186 Å². The zero-order chi connectivity index (χ0) is 43.0. The van der Waals surface area contributed by atoms with Gasteiger partial charge < -0.3 is 0 Å². The number of amides is 2. The van der Waals surface area contributed by atoms with Crippen molar-refractivity contribution < 1.29 is 9.59 Å². The topological polar surface area (TPSA) is 78.2 Å². The third kappa shape index (κ3) is 6.84. The molecular weight excluding hydrogens is 787 g/mol. The molecule has 3 heterocycles. The largest absolute Gasteiger partial charge is 0.281 e. The van der Waals surface area contributed by atoms with Gasteiger partial charge in [0.15, 0.2) is 11.7 Å². The molecule has 0 radical (unpaired) electrons. The number of aromatic nitrogens is 1. The van der Waals surface area contributed by atoms with E-state index >= 15 is 9.59 Å². The van der Waals surface area contributed by atoms with Gasteiger partial charge in [-0.1, -0.05) is 200 Å². The zero-order valence-corrected chi connectivity index (χ0v) is 34.7. The Kier molecular flexibility index (Phi) is 9.98. The molecule has 4 unspecified atom stereocenters. The first-order valence-electron chi connectivity index (χ1n) is 21.6. The zero-order valence-electron chi connectivity index (χ0n) is 34.7. The predicted molar refractivity (Wildman–Crippen MR) is 254 cm³/mol. The van der Waals surface area contributed by atoms with Crippen molar-refractivity contribution >= 4 is 45.0 Å². The monoisotopic (exact) mass is 827 g/mol. The number of amidine groups is 2. The summed E-state index contributed by atoms with van der Waals surface area (Å²) in [4.78, 5) is 50.9. The number of hydrogen-bond acceptors (Lipinski definition) is 5. The average Bonchev–Trinajstić information content (AvgIpc) is 3.98. The Labute approximate surface area is 371 Å². The second-order valence-electron chi connectivity index (χ2n) is 16.1. The Hall–Kier alpha value is -8.29. The standard InChI is InChI=1S/C57H41N5O2/c63-56(46-34-17-30-38-20-13-15-32-44(38)46)61-52(42-26-9-3-10-27-42)50(40-22-5-1-6-23-40)59-54(61)48-36-19-37-49(58-48)55-60-51(41-24-7-2-8-25-41)53(43-28-11-4-12-29-43)62(55)57(64)47-35-18-31-39-21-14-16-33-45(39)47/h1-37,50-53H. The van der Waals surface area contributed by atoms with Crippen LogP contribution in [0.15, 0.2) is 234 Å². The van der Waals surface area contributed by atoms with Crippen LogP contribution in [0.5, 0.6) is 0 Å². The molecule has 64 heavy (non-hydrogen) atoms. The third-order valence-electron chi connectivity index (χ3n) is 12.4. The Bertz CT molecular complexity index is 3020. The Balaban J connectivity index is 1.11. The number of carbonyl (C=O) groups is 2. The lowest BCUT2D eigenvalue weighted by Gasteiger charge is -2.30. The van der Waals surface area contributed by atoms with Crippen molar-refractivity contribution in [2.45, 2.75) is 24.2 Å². The fraction of sp³-hybridized carbons (Fsp3) is 0.0702. The van der Waals surface area contributed by atoms with Gasteiger partial charge in [-0.05, 0) is 68.1 Å². The smallest absolute Gasteiger partial charge is 0.260 e. The lowest BCUT2D eigenvalue weighted by Crippen LogP contribution is -2.39. The minimum atomic E-state index is -0.492. The molecule has 0 N–H and O–H groups in total. The molecule has 11 rings (SSSR count). The summed E-state index contributed by atoms with van der Waals surface area (Å²) < 4.78 is 0. The fourth-order valence-electron chi connectivity index (χ4n) is 9.44. The molecule has 0 bridgehead atoms. The van der Waals surface area contributed by atoms with E-state index in [9.17, 15) is 0 Å². The van der Waals surface area contributed by atoms with Gasteiger partial charge in [-0.15, -0.1) is 0 Å². The van der Waals surface area contributed by atoms with Crippen molar-refractivity contribution in [2.24, 2.45) is 9.98 Å². The number of carbonyl (C=O) groups excluding carboxylic acids is 2. The third-order valence-corrected chi connectivity index (χ3v) is 12.4. The van der Waals surface area contributed by atoms with Crippen LogP contribution in [-0.4, -0.2) is 38.3 Å². The molecule has 2 aliphatic rings. The molecule has 2 aliphatic heterocycles. The summed E-state index contributed by atoms with van der Waals surface area (Å²) in [6, 6.07) is 71.9. The number of pyridine rings is 1. The molecule has 1 aromatic heterocycles. The molecule has 0 saturated heterocycles. The van der Waals surface area contributed by atoms with Crippen molar-refractivity contribution in [2.75, 3.05) is 0 Å². The van der Waals surface area contributed by atoms with E-state index in [2.05, 4.69) is 48.5 Å². The quantitative estimate of drug-likeness (QED) is 0.153. The molecule has 4 atom stereocenters. The summed E-state index contributed by atoms with van der Waals surface area (Å²) in [5.41, 5.74) is 5.96. The maximum absolute atomic E-state index is 15.5. The molecule has 0 fully saturated rings. The summed E-state index contributed by atoms with van der Waals surface area (Å²) in [6.45, 7) is 0. The maximum atomic E-state index is 15.5. The van der Waals surface area contributed by atoms with E-state index in [0.29, 0.717) is 34.2 Å². The van der Waals surface area contributed by atoms with Crippen molar-refractivity contribution in [3.05, 3.63) is 269 Å². The Morgan fingerprint density at radius 1 is 0.344 bits per heavy atom. The SMILES string of the molecule is O=C(c1cccc2ccccc12)N1C(c2cccc(C3=NC(c4ccccc4)C(c4ccccc4)N3C(=O)c3cccc4ccccc34)n2)=NC(c2ccccc2)C1c1ccccc1. The summed E-state index contributed by atoms with van der Waals surface area (Å²) in [6.07, 6.45) is 0. The molecule has 0 aliphatic carbocycles. The van der Waals surface area contributed by atoms with Gasteiger partial charge in [0.1, 0.15) is 23.5 Å². The van der Waals surface area contributed by atoms with Gasteiger partial charge in [-0.25, -0.2) is 4.98 Å². The highest BCUT2D eigenvalue weighted by Gasteiger charge is 2.45. The molecule has 0 saturated carbocycles. The normalized spacial score (nSPS) is 18.2. The van der Waals surface area contributed by atoms with Crippen LogP contribution in [0, 0.1) is 0 Å². The second-order valence-corrected chi connectivity index (χ2v) is 16.1. The van der Waals surface area contributed by atoms with Crippen molar-refractivity contribution in [1.82, 2.24) is 14.8 Å². The van der Waals surface area contributed by atoms with E-state index in [0.717, 1.165) is 43.8 Å². The highest BCUT2D eigenvalue weighted by atomic mass is 16.2. The highest BCUT2D eigenvalue weighted by molar-refractivity contribution is 6.19. The van der Waals surface area contributed by atoms with Gasteiger partial charge >= 0.3 is 0 Å². The first-order chi connectivity index (χ1) is 31.6. The van der Waals surface area contributed by atoms with E-state index in [-0.39, 0.29) is 11.8 Å². The van der Waals surface area contributed by atoms with Crippen molar-refractivity contribution in [3.63, 3.8) is 0 Å². The fourth-order valence-corrected chi connectivity index (χ4v) is 9.44. The van der Waals surface area contributed by atoms with E-state index < -0.39 is 24.2 Å². The van der Waals surface area contributed by atoms with Crippen LogP contribution in [0.25, 0.3) is 21.5 Å². The van der Waals surface area contributed by atoms with Gasteiger partial charge in [-0.2, -0.15) is 0 Å². The molecule has 8 aromatic carbocycles. The lowest BCUT2D eigenvalue weighted by molar-refractivity contribution is 0.0799. The van der Waals surface area contributed by atoms with Crippen LogP contribution in [-0.2, 0) is 0 Å². The lowest BCUT2D eigenvalue weighted by atomic mass is 9.93. The number of fused-ring (bicyclic) bond motifs is 2. The summed E-state index contributed by atoms with van der Waals surface area (Å²) in [5, 5.41) is 3.65. The summed E-state index contributed by atoms with van der Waals surface area (Å²) in [7, 11) is 0. The predicted octanol–water partition coefficient (Wildman–Crippen LogP) is 12.2. The minimum Gasteiger partial charge on any atom is -0.281 e. The van der Waals surface area contributed by atoms with Crippen LogP contribution in [0.1, 0.15) is 78.5 Å². The van der Waals surface area contributed by atoms with Gasteiger partial charge in [0.25, 0.3) is 11.8 Å². The maximum Gasteiger partial charge on any atom is 0.260 e. The van der Waals surface area contributed by atoms with E-state index in [1.165, 1.54) is 0 Å². The van der Waals surface area contributed by atoms with Crippen LogP contribution >= 0.6 is 0 Å². The van der Waals surface area contributed by atoms with Crippen LogP contribution in [0.4, 0.5) is 0 Å². The molecule has 306 valence electrons.